The van der Waals surface area contributed by atoms with Gasteiger partial charge in [0, 0.05) is 16.6 Å². The Bertz CT molecular complexity index is 434. The second-order valence-electron chi connectivity index (χ2n) is 3.35. The number of benzene rings is 1. The molecule has 0 fully saturated rings. The van der Waals surface area contributed by atoms with Crippen molar-refractivity contribution in [3.8, 4) is 0 Å². The van der Waals surface area contributed by atoms with Crippen molar-refractivity contribution in [2.45, 2.75) is 13.3 Å². The standard InChI is InChI=1S/C11H11BrN2/c1-8-5-11(14-13-8)7-9-3-2-4-10(12)6-9/h2-6H,7H2,1H3,(H,13,14). The van der Waals surface area contributed by atoms with Crippen molar-refractivity contribution in [1.29, 1.82) is 0 Å². The van der Waals surface area contributed by atoms with Crippen LogP contribution < -0.4 is 0 Å². The molecule has 1 aromatic heterocycles. The first-order valence-corrected chi connectivity index (χ1v) is 5.29. The Hall–Kier alpha value is -1.09. The first-order chi connectivity index (χ1) is 6.74. The van der Waals surface area contributed by atoms with Crippen LogP contribution in [0.15, 0.2) is 34.8 Å². The molecule has 0 aliphatic rings. The normalized spacial score (nSPS) is 10.4. The summed E-state index contributed by atoms with van der Waals surface area (Å²) >= 11 is 3.45. The summed E-state index contributed by atoms with van der Waals surface area (Å²) in [5.74, 6) is 0. The minimum absolute atomic E-state index is 0.879. The first kappa shape index (κ1) is 9.46. The number of aryl methyl sites for hydroxylation is 1. The third-order valence-corrected chi connectivity index (χ3v) is 2.53. The van der Waals surface area contributed by atoms with E-state index >= 15 is 0 Å². The van der Waals surface area contributed by atoms with Crippen LogP contribution >= 0.6 is 15.9 Å². The molecule has 14 heavy (non-hydrogen) atoms. The molecule has 0 aliphatic heterocycles. The molecular weight excluding hydrogens is 240 g/mol. The third-order valence-electron chi connectivity index (χ3n) is 2.03. The van der Waals surface area contributed by atoms with Gasteiger partial charge in [-0.05, 0) is 30.7 Å². The van der Waals surface area contributed by atoms with Gasteiger partial charge in [-0.1, -0.05) is 28.1 Å². The Kier molecular flexibility index (Phi) is 2.68. The fraction of sp³-hybridized carbons (Fsp3) is 0.182. The van der Waals surface area contributed by atoms with Gasteiger partial charge in [0.1, 0.15) is 0 Å². The fourth-order valence-electron chi connectivity index (χ4n) is 1.42. The maximum absolute atomic E-state index is 4.20. The highest BCUT2D eigenvalue weighted by Crippen LogP contribution is 2.14. The minimum atomic E-state index is 0.879. The number of rotatable bonds is 2. The van der Waals surface area contributed by atoms with E-state index in [1.807, 2.05) is 19.1 Å². The van der Waals surface area contributed by atoms with E-state index in [4.69, 9.17) is 0 Å². The fourth-order valence-corrected chi connectivity index (χ4v) is 1.87. The van der Waals surface area contributed by atoms with Gasteiger partial charge in [0.2, 0.25) is 0 Å². The number of hydrogen-bond acceptors (Lipinski definition) is 1. The lowest BCUT2D eigenvalue weighted by atomic mass is 10.1. The molecule has 72 valence electrons. The summed E-state index contributed by atoms with van der Waals surface area (Å²) in [6.45, 7) is 2.01. The van der Waals surface area contributed by atoms with Gasteiger partial charge >= 0.3 is 0 Å². The highest BCUT2D eigenvalue weighted by Gasteiger charge is 2.00. The van der Waals surface area contributed by atoms with E-state index in [1.54, 1.807) is 0 Å². The van der Waals surface area contributed by atoms with Crippen molar-refractivity contribution >= 4 is 15.9 Å². The Morgan fingerprint density at radius 1 is 1.36 bits per heavy atom. The highest BCUT2D eigenvalue weighted by atomic mass is 79.9. The van der Waals surface area contributed by atoms with Crippen molar-refractivity contribution in [2.75, 3.05) is 0 Å². The zero-order chi connectivity index (χ0) is 9.97. The maximum atomic E-state index is 4.20. The Morgan fingerprint density at radius 3 is 2.86 bits per heavy atom. The molecule has 0 spiro atoms. The lowest BCUT2D eigenvalue weighted by Crippen LogP contribution is -1.87. The van der Waals surface area contributed by atoms with Gasteiger partial charge in [-0.15, -0.1) is 0 Å². The number of nitrogens with zero attached hydrogens (tertiary/aromatic N) is 1. The zero-order valence-corrected chi connectivity index (χ0v) is 9.51. The lowest BCUT2D eigenvalue weighted by Gasteiger charge is -1.98. The van der Waals surface area contributed by atoms with Crippen LogP contribution in [0.4, 0.5) is 0 Å². The average molecular weight is 251 g/mol. The zero-order valence-electron chi connectivity index (χ0n) is 7.92. The summed E-state index contributed by atoms with van der Waals surface area (Å²) in [6.07, 6.45) is 0.879. The molecule has 0 aliphatic carbocycles. The van der Waals surface area contributed by atoms with E-state index in [-0.39, 0.29) is 0 Å². The molecule has 0 saturated heterocycles. The van der Waals surface area contributed by atoms with Crippen LogP contribution in [0.2, 0.25) is 0 Å². The summed E-state index contributed by atoms with van der Waals surface area (Å²) < 4.78 is 1.11. The number of nitrogens with one attached hydrogen (secondary N) is 1. The van der Waals surface area contributed by atoms with Gasteiger partial charge < -0.3 is 0 Å². The molecule has 0 amide bonds. The molecule has 0 radical (unpaired) electrons. The lowest BCUT2D eigenvalue weighted by molar-refractivity contribution is 0.979. The first-order valence-electron chi connectivity index (χ1n) is 4.49. The van der Waals surface area contributed by atoms with E-state index in [0.29, 0.717) is 0 Å². The van der Waals surface area contributed by atoms with Crippen molar-refractivity contribution in [1.82, 2.24) is 10.2 Å². The van der Waals surface area contributed by atoms with Crippen molar-refractivity contribution < 1.29 is 0 Å². The molecule has 1 N–H and O–H groups in total. The predicted molar refractivity (Wildman–Crippen MR) is 60.3 cm³/mol. The number of H-pyrrole nitrogens is 1. The topological polar surface area (TPSA) is 28.7 Å². The van der Waals surface area contributed by atoms with Crippen molar-refractivity contribution in [3.05, 3.63) is 51.8 Å². The van der Waals surface area contributed by atoms with Crippen LogP contribution in [0, 0.1) is 6.92 Å². The molecule has 2 rings (SSSR count). The monoisotopic (exact) mass is 250 g/mol. The Labute approximate surface area is 91.5 Å². The summed E-state index contributed by atoms with van der Waals surface area (Å²) in [7, 11) is 0. The van der Waals surface area contributed by atoms with Crippen LogP contribution in [-0.4, -0.2) is 10.2 Å². The third kappa shape index (κ3) is 2.23. The average Bonchev–Trinajstić information content (AvgIpc) is 2.51. The van der Waals surface area contributed by atoms with Crippen LogP contribution in [0.5, 0.6) is 0 Å². The van der Waals surface area contributed by atoms with Crippen LogP contribution in [0.25, 0.3) is 0 Å². The molecule has 0 bridgehead atoms. The largest absolute Gasteiger partial charge is 0.283 e. The molecule has 3 heteroatoms. The van der Waals surface area contributed by atoms with Crippen molar-refractivity contribution in [3.63, 3.8) is 0 Å². The Morgan fingerprint density at radius 2 is 2.21 bits per heavy atom. The van der Waals surface area contributed by atoms with Gasteiger partial charge in [0.25, 0.3) is 0 Å². The van der Waals surface area contributed by atoms with Gasteiger partial charge in [-0.25, -0.2) is 0 Å². The molecule has 0 atom stereocenters. The van der Waals surface area contributed by atoms with Crippen LogP contribution in [-0.2, 0) is 6.42 Å². The van der Waals surface area contributed by atoms with E-state index in [9.17, 15) is 0 Å². The summed E-state index contributed by atoms with van der Waals surface area (Å²) in [6, 6.07) is 10.4. The Balaban J connectivity index is 2.18. The number of aromatic nitrogens is 2. The number of hydrogen-bond donors (Lipinski definition) is 1. The maximum Gasteiger partial charge on any atom is 0.0668 e. The summed E-state index contributed by atoms with van der Waals surface area (Å²) in [5.41, 5.74) is 3.46. The number of aromatic amines is 1. The quantitative estimate of drug-likeness (QED) is 0.872. The van der Waals surface area contributed by atoms with Crippen LogP contribution in [0.3, 0.4) is 0 Å². The predicted octanol–water partition coefficient (Wildman–Crippen LogP) is 3.07. The van der Waals surface area contributed by atoms with E-state index in [2.05, 4.69) is 44.3 Å². The summed E-state index contributed by atoms with van der Waals surface area (Å²) in [5, 5.41) is 7.14. The van der Waals surface area contributed by atoms with Gasteiger partial charge in [-0.2, -0.15) is 5.10 Å². The summed E-state index contributed by atoms with van der Waals surface area (Å²) in [4.78, 5) is 0. The van der Waals surface area contributed by atoms with Gasteiger partial charge in [-0.3, -0.25) is 5.10 Å². The van der Waals surface area contributed by atoms with Gasteiger partial charge in [0.05, 0.1) is 5.69 Å². The second-order valence-corrected chi connectivity index (χ2v) is 4.26. The SMILES string of the molecule is Cc1cc(Cc2cccc(Br)c2)n[nH]1. The molecule has 0 saturated carbocycles. The van der Waals surface area contributed by atoms with E-state index in [0.717, 1.165) is 22.3 Å². The second kappa shape index (κ2) is 3.96. The molecule has 0 unspecified atom stereocenters. The smallest absolute Gasteiger partial charge is 0.0668 e. The molecule has 1 heterocycles. The van der Waals surface area contributed by atoms with E-state index in [1.165, 1.54) is 5.56 Å². The van der Waals surface area contributed by atoms with Gasteiger partial charge in [0.15, 0.2) is 0 Å². The molecule has 1 aromatic carbocycles. The highest BCUT2D eigenvalue weighted by molar-refractivity contribution is 9.10. The number of halogens is 1. The molecule has 2 nitrogen and oxygen atoms in total. The minimum Gasteiger partial charge on any atom is -0.283 e. The molecule has 2 aromatic rings. The molecular formula is C11H11BrN2. The van der Waals surface area contributed by atoms with Crippen LogP contribution in [0.1, 0.15) is 17.0 Å². The van der Waals surface area contributed by atoms with E-state index < -0.39 is 0 Å². The van der Waals surface area contributed by atoms with Crippen molar-refractivity contribution in [2.24, 2.45) is 0 Å².